The Hall–Kier alpha value is -0.790. The molecule has 0 fully saturated rings. The Bertz CT molecular complexity index is 221. The Kier molecular flexibility index (Phi) is 4.89. The van der Waals surface area contributed by atoms with Gasteiger partial charge in [0.2, 0.25) is 0 Å². The summed E-state index contributed by atoms with van der Waals surface area (Å²) in [5, 5.41) is 8.75. The van der Waals surface area contributed by atoms with Crippen molar-refractivity contribution < 1.29 is 9.90 Å². The number of hydrogen-bond donors (Lipinski definition) is 1. The lowest BCUT2D eigenvalue weighted by molar-refractivity contribution is -0.131. The van der Waals surface area contributed by atoms with Gasteiger partial charge in [0, 0.05) is 6.08 Å². The van der Waals surface area contributed by atoms with Crippen LogP contribution in [0.25, 0.3) is 0 Å². The van der Waals surface area contributed by atoms with Crippen LogP contribution in [0.2, 0.25) is 0 Å². The first kappa shape index (κ1) is 13.2. The second kappa shape index (κ2) is 5.18. The predicted molar refractivity (Wildman–Crippen MR) is 59.2 cm³/mol. The lowest BCUT2D eigenvalue weighted by atomic mass is 9.82. The second-order valence-corrected chi connectivity index (χ2v) is 5.10. The van der Waals surface area contributed by atoms with Crippen LogP contribution in [0.1, 0.15) is 47.5 Å². The molecule has 14 heavy (non-hydrogen) atoms. The fourth-order valence-electron chi connectivity index (χ4n) is 1.40. The molecule has 0 aromatic carbocycles. The largest absolute Gasteiger partial charge is 0.478 e. The first-order chi connectivity index (χ1) is 6.26. The quantitative estimate of drug-likeness (QED) is 0.702. The molecule has 0 aromatic rings. The Morgan fingerprint density at radius 2 is 1.93 bits per heavy atom. The topological polar surface area (TPSA) is 37.3 Å². The molecular weight excluding hydrogens is 176 g/mol. The zero-order chi connectivity index (χ0) is 11.4. The molecule has 2 heteroatoms. The molecule has 0 aliphatic heterocycles. The van der Waals surface area contributed by atoms with Gasteiger partial charge in [-0.05, 0) is 24.2 Å². The summed E-state index contributed by atoms with van der Waals surface area (Å²) in [4.78, 5) is 10.6. The fourth-order valence-corrected chi connectivity index (χ4v) is 1.40. The minimum absolute atomic E-state index is 0.157. The van der Waals surface area contributed by atoms with Crippen LogP contribution in [0.3, 0.4) is 0 Å². The van der Waals surface area contributed by atoms with Crippen LogP contribution in [-0.4, -0.2) is 11.1 Å². The van der Waals surface area contributed by atoms with Crippen molar-refractivity contribution in [2.45, 2.75) is 47.5 Å². The molecule has 1 N–H and O–H groups in total. The lowest BCUT2D eigenvalue weighted by Gasteiger charge is -2.23. The summed E-state index contributed by atoms with van der Waals surface area (Å²) in [5.74, 6) is -0.463. The van der Waals surface area contributed by atoms with Crippen molar-refractivity contribution in [1.29, 1.82) is 0 Å². The molecule has 0 bridgehead atoms. The minimum atomic E-state index is -0.829. The summed E-state index contributed by atoms with van der Waals surface area (Å²) in [6.45, 7) is 10.6. The molecule has 0 aromatic heterocycles. The van der Waals surface area contributed by atoms with Gasteiger partial charge in [0.1, 0.15) is 0 Å². The van der Waals surface area contributed by atoms with E-state index in [9.17, 15) is 4.79 Å². The highest BCUT2D eigenvalue weighted by atomic mass is 16.4. The maximum absolute atomic E-state index is 10.6. The van der Waals surface area contributed by atoms with Crippen molar-refractivity contribution in [3.8, 4) is 0 Å². The van der Waals surface area contributed by atoms with Gasteiger partial charge < -0.3 is 5.11 Å². The standard InChI is InChI=1S/C12H22O2/c1-6-9(2)10(7-11(13)14)8-12(3,4)5/h7,9H,6,8H2,1-5H3,(H,13,14). The van der Waals surface area contributed by atoms with Crippen molar-refractivity contribution in [3.05, 3.63) is 11.6 Å². The third-order valence-electron chi connectivity index (χ3n) is 2.29. The van der Waals surface area contributed by atoms with E-state index in [1.54, 1.807) is 0 Å². The third-order valence-corrected chi connectivity index (χ3v) is 2.29. The molecular formula is C12H22O2. The summed E-state index contributed by atoms with van der Waals surface area (Å²) < 4.78 is 0. The first-order valence-electron chi connectivity index (χ1n) is 5.19. The van der Waals surface area contributed by atoms with Gasteiger partial charge in [0.05, 0.1) is 0 Å². The van der Waals surface area contributed by atoms with Crippen LogP contribution in [0, 0.1) is 11.3 Å². The van der Waals surface area contributed by atoms with E-state index in [-0.39, 0.29) is 5.41 Å². The van der Waals surface area contributed by atoms with Crippen LogP contribution in [0.5, 0.6) is 0 Å². The van der Waals surface area contributed by atoms with E-state index in [0.29, 0.717) is 5.92 Å². The molecule has 0 aliphatic rings. The highest BCUT2D eigenvalue weighted by Gasteiger charge is 2.17. The molecule has 1 unspecified atom stereocenters. The number of rotatable bonds is 4. The van der Waals surface area contributed by atoms with Crippen molar-refractivity contribution in [1.82, 2.24) is 0 Å². The number of aliphatic carboxylic acids is 1. The molecule has 82 valence electrons. The zero-order valence-electron chi connectivity index (χ0n) is 9.92. The molecule has 0 aliphatic carbocycles. The summed E-state index contributed by atoms with van der Waals surface area (Å²) in [6.07, 6.45) is 3.23. The van der Waals surface area contributed by atoms with Crippen LogP contribution < -0.4 is 0 Å². The summed E-state index contributed by atoms with van der Waals surface area (Å²) in [6, 6.07) is 0. The molecule has 0 radical (unpaired) electrons. The number of carbonyl (C=O) groups is 1. The molecule has 0 rings (SSSR count). The Morgan fingerprint density at radius 1 is 1.43 bits per heavy atom. The van der Waals surface area contributed by atoms with Gasteiger partial charge in [-0.25, -0.2) is 4.79 Å². The molecule has 1 atom stereocenters. The van der Waals surface area contributed by atoms with E-state index < -0.39 is 5.97 Å². The molecule has 0 spiro atoms. The SMILES string of the molecule is CCC(C)C(=CC(=O)O)CC(C)(C)C. The molecule has 0 saturated carbocycles. The van der Waals surface area contributed by atoms with Crippen LogP contribution >= 0.6 is 0 Å². The highest BCUT2D eigenvalue weighted by molar-refractivity contribution is 5.80. The van der Waals surface area contributed by atoms with E-state index in [1.807, 2.05) is 0 Å². The average Bonchev–Trinajstić information content (AvgIpc) is 1.98. The Balaban J connectivity index is 4.66. The number of allylic oxidation sites excluding steroid dienone is 1. The zero-order valence-corrected chi connectivity index (χ0v) is 9.92. The third kappa shape index (κ3) is 5.79. The number of carboxylic acid groups (broad SMARTS) is 1. The van der Waals surface area contributed by atoms with Crippen molar-refractivity contribution >= 4 is 5.97 Å². The number of hydrogen-bond acceptors (Lipinski definition) is 1. The number of carboxylic acids is 1. The van der Waals surface area contributed by atoms with Gasteiger partial charge >= 0.3 is 5.97 Å². The highest BCUT2D eigenvalue weighted by Crippen LogP contribution is 2.29. The molecule has 2 nitrogen and oxygen atoms in total. The summed E-state index contributed by atoms with van der Waals surface area (Å²) in [7, 11) is 0. The van der Waals surface area contributed by atoms with Crippen molar-refractivity contribution in [2.24, 2.45) is 11.3 Å². The fraction of sp³-hybridized carbons (Fsp3) is 0.750. The summed E-state index contributed by atoms with van der Waals surface area (Å²) in [5.41, 5.74) is 1.21. The van der Waals surface area contributed by atoms with Gasteiger partial charge in [0.25, 0.3) is 0 Å². The summed E-state index contributed by atoms with van der Waals surface area (Å²) >= 11 is 0. The van der Waals surface area contributed by atoms with E-state index in [0.717, 1.165) is 18.4 Å². The molecule has 0 saturated heterocycles. The van der Waals surface area contributed by atoms with E-state index in [4.69, 9.17) is 5.11 Å². The van der Waals surface area contributed by atoms with Crippen molar-refractivity contribution in [2.75, 3.05) is 0 Å². The Morgan fingerprint density at radius 3 is 2.21 bits per heavy atom. The van der Waals surface area contributed by atoms with Gasteiger partial charge in [-0.15, -0.1) is 0 Å². The van der Waals surface area contributed by atoms with Crippen LogP contribution in [-0.2, 0) is 4.79 Å². The van der Waals surface area contributed by atoms with Gasteiger partial charge in [-0.1, -0.05) is 40.2 Å². The van der Waals surface area contributed by atoms with Gasteiger partial charge in [-0.2, -0.15) is 0 Å². The van der Waals surface area contributed by atoms with E-state index in [2.05, 4.69) is 34.6 Å². The van der Waals surface area contributed by atoms with Crippen LogP contribution in [0.15, 0.2) is 11.6 Å². The maximum Gasteiger partial charge on any atom is 0.328 e. The smallest absolute Gasteiger partial charge is 0.328 e. The molecule has 0 heterocycles. The maximum atomic E-state index is 10.6. The monoisotopic (exact) mass is 198 g/mol. The Labute approximate surface area is 87.0 Å². The van der Waals surface area contributed by atoms with Crippen LogP contribution in [0.4, 0.5) is 0 Å². The predicted octanol–water partition coefficient (Wildman–Crippen LogP) is 3.48. The van der Waals surface area contributed by atoms with E-state index >= 15 is 0 Å². The minimum Gasteiger partial charge on any atom is -0.478 e. The van der Waals surface area contributed by atoms with Gasteiger partial charge in [-0.3, -0.25) is 0 Å². The van der Waals surface area contributed by atoms with Crippen molar-refractivity contribution in [3.63, 3.8) is 0 Å². The van der Waals surface area contributed by atoms with Gasteiger partial charge in [0.15, 0.2) is 0 Å². The second-order valence-electron chi connectivity index (χ2n) is 5.10. The first-order valence-corrected chi connectivity index (χ1v) is 5.19. The van der Waals surface area contributed by atoms with E-state index in [1.165, 1.54) is 6.08 Å². The lowest BCUT2D eigenvalue weighted by Crippen LogP contribution is -2.12. The molecule has 0 amide bonds. The normalized spacial score (nSPS) is 15.4. The average molecular weight is 198 g/mol.